The average Bonchev–Trinajstić information content (AvgIpc) is 2.62. The van der Waals surface area contributed by atoms with Gasteiger partial charge in [-0.05, 0) is 44.5 Å². The molecule has 1 heterocycles. The summed E-state index contributed by atoms with van der Waals surface area (Å²) in [7, 11) is 0. The number of ether oxygens (including phenoxy) is 1. The van der Waals surface area contributed by atoms with Crippen LogP contribution < -0.4 is 4.74 Å². The van der Waals surface area contributed by atoms with Crippen molar-refractivity contribution >= 4 is 12.0 Å². The highest BCUT2D eigenvalue weighted by Crippen LogP contribution is 2.49. The van der Waals surface area contributed by atoms with Gasteiger partial charge in [-0.25, -0.2) is 4.39 Å². The van der Waals surface area contributed by atoms with Crippen molar-refractivity contribution in [3.63, 3.8) is 0 Å². The maximum absolute atomic E-state index is 13.2. The second-order valence-electron chi connectivity index (χ2n) is 6.56. The summed E-state index contributed by atoms with van der Waals surface area (Å²) in [5, 5.41) is 31.1. The Hall–Kier alpha value is -3.28. The first-order chi connectivity index (χ1) is 12.8. The van der Waals surface area contributed by atoms with Crippen LogP contribution in [0.15, 0.2) is 47.7 Å². The highest BCUT2D eigenvalue weighted by atomic mass is 19.1. The number of carbonyl (C=O) groups is 1. The number of phenols is 2. The van der Waals surface area contributed by atoms with Gasteiger partial charge in [-0.2, -0.15) is 0 Å². The van der Waals surface area contributed by atoms with Crippen molar-refractivity contribution in [2.24, 2.45) is 0 Å². The third-order valence-electron chi connectivity index (χ3n) is 4.38. The topological polar surface area (TPSA) is 87.0 Å². The van der Waals surface area contributed by atoms with E-state index in [-0.39, 0.29) is 28.6 Å². The molecule has 0 fully saturated rings. The number of phenolic OH excluding ortho intramolecular Hbond substituents is 2. The van der Waals surface area contributed by atoms with Gasteiger partial charge >= 0.3 is 0 Å². The molecule has 0 aromatic heterocycles. The number of carbonyl (C=O) groups excluding carboxylic acids is 1. The highest BCUT2D eigenvalue weighted by molar-refractivity contribution is 5.82. The summed E-state index contributed by atoms with van der Waals surface area (Å²) in [5.74, 6) is -2.47. The lowest BCUT2D eigenvalue weighted by atomic mass is 9.89. The van der Waals surface area contributed by atoms with Gasteiger partial charge in [0, 0.05) is 17.2 Å². The van der Waals surface area contributed by atoms with Crippen LogP contribution in [0.1, 0.15) is 36.5 Å². The van der Waals surface area contributed by atoms with E-state index >= 15 is 0 Å². The van der Waals surface area contributed by atoms with Crippen LogP contribution in [-0.4, -0.2) is 21.6 Å². The van der Waals surface area contributed by atoms with Crippen molar-refractivity contribution in [2.45, 2.75) is 26.2 Å². The Morgan fingerprint density at radius 1 is 1.15 bits per heavy atom. The van der Waals surface area contributed by atoms with E-state index in [0.717, 1.165) is 11.6 Å². The average molecular weight is 370 g/mol. The zero-order valence-corrected chi connectivity index (χ0v) is 14.9. The molecular weight excluding hydrogens is 351 g/mol. The summed E-state index contributed by atoms with van der Waals surface area (Å²) >= 11 is 0. The molecule has 1 aliphatic rings. The maximum atomic E-state index is 13.2. The molecule has 1 unspecified atom stereocenters. The van der Waals surface area contributed by atoms with Gasteiger partial charge in [-0.15, -0.1) is 0 Å². The van der Waals surface area contributed by atoms with E-state index < -0.39 is 17.5 Å². The Balaban J connectivity index is 2.21. The van der Waals surface area contributed by atoms with Gasteiger partial charge in [-0.1, -0.05) is 11.6 Å². The predicted octanol–water partition coefficient (Wildman–Crippen LogP) is 4.35. The lowest BCUT2D eigenvalue weighted by Gasteiger charge is -2.27. The summed E-state index contributed by atoms with van der Waals surface area (Å²) in [6, 6.07) is 6.35. The minimum atomic E-state index is -1.17. The van der Waals surface area contributed by atoms with Gasteiger partial charge < -0.3 is 24.9 Å². The van der Waals surface area contributed by atoms with Crippen LogP contribution in [0.4, 0.5) is 4.39 Å². The fourth-order valence-corrected chi connectivity index (χ4v) is 2.98. The Morgan fingerprint density at radius 3 is 2.41 bits per heavy atom. The number of benzene rings is 2. The molecule has 0 bridgehead atoms. The summed E-state index contributed by atoms with van der Waals surface area (Å²) in [4.78, 5) is 11.7. The first kappa shape index (κ1) is 18.5. The molecule has 0 aliphatic carbocycles. The molecule has 140 valence electrons. The van der Waals surface area contributed by atoms with Crippen LogP contribution in [-0.2, 0) is 11.2 Å². The van der Waals surface area contributed by atoms with Crippen molar-refractivity contribution in [3.05, 3.63) is 70.2 Å². The van der Waals surface area contributed by atoms with Crippen LogP contribution in [0.2, 0.25) is 0 Å². The van der Waals surface area contributed by atoms with Crippen molar-refractivity contribution in [2.75, 3.05) is 0 Å². The van der Waals surface area contributed by atoms with Gasteiger partial charge in [0.1, 0.15) is 35.3 Å². The second kappa shape index (κ2) is 7.15. The van der Waals surface area contributed by atoms with E-state index in [1.54, 1.807) is 0 Å². The molecule has 0 amide bonds. The van der Waals surface area contributed by atoms with E-state index in [9.17, 15) is 24.5 Å². The van der Waals surface area contributed by atoms with Crippen molar-refractivity contribution < 1.29 is 29.2 Å². The van der Waals surface area contributed by atoms with Gasteiger partial charge in [0.25, 0.3) is 0 Å². The standard InChI is InChI=1S/C21H19FO5/c1-11(2)3-8-14-16(24)9-17(25)18-15(10-23)19(26)20(27-21(14)18)12-4-6-13(22)7-5-12/h3-7,9-10,15,24-26H,8H2,1-2H3. The molecule has 0 radical (unpaired) electrons. The van der Waals surface area contributed by atoms with Crippen LogP contribution in [0.25, 0.3) is 5.76 Å². The Labute approximate surface area is 155 Å². The minimum absolute atomic E-state index is 0.0250. The fraction of sp³-hybridized carbons (Fsp3) is 0.190. The van der Waals surface area contributed by atoms with E-state index in [0.29, 0.717) is 23.8 Å². The molecule has 2 aromatic carbocycles. The molecule has 2 aromatic rings. The van der Waals surface area contributed by atoms with Crippen LogP contribution in [0, 0.1) is 5.82 Å². The summed E-state index contributed by atoms with van der Waals surface area (Å²) in [6.45, 7) is 3.79. The molecule has 0 saturated carbocycles. The maximum Gasteiger partial charge on any atom is 0.173 e. The molecule has 0 spiro atoms. The van der Waals surface area contributed by atoms with Gasteiger partial charge in [0.15, 0.2) is 11.5 Å². The third kappa shape index (κ3) is 3.38. The summed E-state index contributed by atoms with van der Waals surface area (Å²) in [6.07, 6.45) is 2.66. The monoisotopic (exact) mass is 370 g/mol. The van der Waals surface area contributed by atoms with E-state index in [1.807, 2.05) is 19.9 Å². The zero-order chi connectivity index (χ0) is 19.7. The summed E-state index contributed by atoms with van der Waals surface area (Å²) in [5.41, 5.74) is 1.84. The minimum Gasteiger partial charge on any atom is -0.507 e. The number of halogens is 1. The highest BCUT2D eigenvalue weighted by Gasteiger charge is 2.35. The lowest BCUT2D eigenvalue weighted by Crippen LogP contribution is -2.17. The van der Waals surface area contributed by atoms with Crippen molar-refractivity contribution in [1.82, 2.24) is 0 Å². The lowest BCUT2D eigenvalue weighted by molar-refractivity contribution is -0.109. The molecule has 27 heavy (non-hydrogen) atoms. The third-order valence-corrected chi connectivity index (χ3v) is 4.38. The molecule has 6 heteroatoms. The Bertz CT molecular complexity index is 954. The van der Waals surface area contributed by atoms with Gasteiger partial charge in [0.2, 0.25) is 0 Å². The van der Waals surface area contributed by atoms with E-state index in [4.69, 9.17) is 4.74 Å². The molecule has 1 aliphatic heterocycles. The van der Waals surface area contributed by atoms with Crippen molar-refractivity contribution in [3.8, 4) is 17.2 Å². The number of fused-ring (bicyclic) bond motifs is 1. The zero-order valence-electron chi connectivity index (χ0n) is 14.9. The number of aliphatic hydroxyl groups excluding tert-OH is 1. The first-order valence-electron chi connectivity index (χ1n) is 8.36. The molecule has 3 N–H and O–H groups in total. The van der Waals surface area contributed by atoms with E-state index in [2.05, 4.69) is 0 Å². The predicted molar refractivity (Wildman–Crippen MR) is 98.3 cm³/mol. The second-order valence-corrected chi connectivity index (χ2v) is 6.56. The fourth-order valence-electron chi connectivity index (χ4n) is 2.98. The Kier molecular flexibility index (Phi) is 4.90. The number of aldehydes is 1. The SMILES string of the molecule is CC(C)=CCc1c(O)cc(O)c2c1OC(c1ccc(F)cc1)=C(O)C2C=O. The number of aliphatic hydroxyl groups is 1. The number of hydrogen-bond acceptors (Lipinski definition) is 5. The quantitative estimate of drug-likeness (QED) is 0.550. The molecular formula is C21H19FO5. The first-order valence-corrected chi connectivity index (χ1v) is 8.36. The largest absolute Gasteiger partial charge is 0.507 e. The Morgan fingerprint density at radius 2 is 1.81 bits per heavy atom. The van der Waals surface area contributed by atoms with E-state index in [1.165, 1.54) is 24.3 Å². The van der Waals surface area contributed by atoms with Crippen LogP contribution in [0.3, 0.4) is 0 Å². The number of hydrogen-bond donors (Lipinski definition) is 3. The number of rotatable bonds is 4. The van der Waals surface area contributed by atoms with Crippen molar-refractivity contribution in [1.29, 1.82) is 0 Å². The number of aromatic hydroxyl groups is 2. The summed E-state index contributed by atoms with van der Waals surface area (Å²) < 4.78 is 19.1. The molecule has 5 nitrogen and oxygen atoms in total. The number of allylic oxidation sites excluding steroid dienone is 3. The van der Waals surface area contributed by atoms with Crippen LogP contribution in [0.5, 0.6) is 17.2 Å². The normalized spacial score (nSPS) is 15.7. The molecule has 3 rings (SSSR count). The van der Waals surface area contributed by atoms with Crippen LogP contribution >= 0.6 is 0 Å². The smallest absolute Gasteiger partial charge is 0.173 e. The molecule has 1 atom stereocenters. The molecule has 0 saturated heterocycles. The van der Waals surface area contributed by atoms with Gasteiger partial charge in [0.05, 0.1) is 5.56 Å². The van der Waals surface area contributed by atoms with Gasteiger partial charge in [-0.3, -0.25) is 0 Å².